The van der Waals surface area contributed by atoms with E-state index in [1.165, 1.54) is 7.11 Å². The van der Waals surface area contributed by atoms with Gasteiger partial charge in [0.25, 0.3) is 0 Å². The van der Waals surface area contributed by atoms with E-state index in [0.29, 0.717) is 11.3 Å². The molecular weight excluding hydrogens is 346 g/mol. The van der Waals surface area contributed by atoms with Gasteiger partial charge >= 0.3 is 11.9 Å². The number of benzene rings is 1. The molecule has 1 aliphatic heterocycles. The Morgan fingerprint density at radius 3 is 2.62 bits per heavy atom. The zero-order chi connectivity index (χ0) is 15.6. The average Bonchev–Trinajstić information content (AvgIpc) is 2.85. The van der Waals surface area contributed by atoms with Gasteiger partial charge in [-0.1, -0.05) is 27.2 Å². The molecule has 2 atom stereocenters. The van der Waals surface area contributed by atoms with Gasteiger partial charge in [0.15, 0.2) is 5.71 Å². The number of ether oxygens (including phenoxy) is 3. The summed E-state index contributed by atoms with van der Waals surface area (Å²) in [5.74, 6) is -2.04. The van der Waals surface area contributed by atoms with Gasteiger partial charge in [-0.2, -0.15) is 0 Å². The van der Waals surface area contributed by atoms with Crippen molar-refractivity contribution in [3.05, 3.63) is 28.2 Å². The fraction of sp³-hybridized carbons (Fsp3) is 0.308. The van der Waals surface area contributed by atoms with Crippen LogP contribution in [-0.2, 0) is 19.1 Å². The van der Waals surface area contributed by atoms with Gasteiger partial charge < -0.3 is 19.4 Å². The lowest BCUT2D eigenvalue weighted by Crippen LogP contribution is -2.37. The third-order valence-corrected chi connectivity index (χ3v) is 3.59. The van der Waals surface area contributed by atoms with Crippen molar-refractivity contribution < 1.29 is 29.0 Å². The van der Waals surface area contributed by atoms with Crippen molar-refractivity contribution in [2.75, 3.05) is 14.2 Å². The second-order valence-corrected chi connectivity index (χ2v) is 5.11. The summed E-state index contributed by atoms with van der Waals surface area (Å²) in [6, 6.07) is 5.04. The summed E-state index contributed by atoms with van der Waals surface area (Å²) in [7, 11) is 2.36. The van der Waals surface area contributed by atoms with Crippen LogP contribution < -0.4 is 4.74 Å². The first-order valence-electron chi connectivity index (χ1n) is 5.87. The lowest BCUT2D eigenvalue weighted by atomic mass is 9.90. The first-order chi connectivity index (χ1) is 10.0. The van der Waals surface area contributed by atoms with Gasteiger partial charge in [0.05, 0.1) is 20.1 Å². The predicted octanol–water partition coefficient (Wildman–Crippen LogP) is 1.47. The Kier molecular flexibility index (Phi) is 4.46. The molecule has 1 N–H and O–H groups in total. The maximum atomic E-state index is 11.9. The molecule has 21 heavy (non-hydrogen) atoms. The molecule has 112 valence electrons. The fourth-order valence-electron chi connectivity index (χ4n) is 2.16. The summed E-state index contributed by atoms with van der Waals surface area (Å²) >= 11 is 3.29. The minimum absolute atomic E-state index is 0.325. The van der Waals surface area contributed by atoms with E-state index in [1.54, 1.807) is 18.2 Å². The number of carbonyl (C=O) groups is 2. The molecular formula is C13H12BrNO6. The molecule has 0 saturated heterocycles. The molecule has 7 nitrogen and oxygen atoms in total. The van der Waals surface area contributed by atoms with Crippen LogP contribution in [0.15, 0.2) is 27.8 Å². The van der Waals surface area contributed by atoms with Gasteiger partial charge in [0, 0.05) is 10.0 Å². The highest BCUT2D eigenvalue weighted by atomic mass is 79.9. The highest BCUT2D eigenvalue weighted by Crippen LogP contribution is 2.41. The lowest BCUT2D eigenvalue weighted by Gasteiger charge is -2.16. The molecule has 0 fully saturated rings. The number of fused-ring (bicyclic) bond motifs is 1. The Morgan fingerprint density at radius 2 is 2.05 bits per heavy atom. The fourth-order valence-corrected chi connectivity index (χ4v) is 2.50. The molecule has 0 saturated carbocycles. The number of carbonyl (C=O) groups excluding carboxylic acids is 2. The average molecular weight is 358 g/mol. The minimum atomic E-state index is -1.12. The van der Waals surface area contributed by atoms with Gasteiger partial charge in [0.2, 0.25) is 6.10 Å². The van der Waals surface area contributed by atoms with Crippen molar-refractivity contribution >= 4 is 33.6 Å². The molecule has 1 aromatic rings. The smallest absolute Gasteiger partial charge is 0.356 e. The first-order valence-corrected chi connectivity index (χ1v) is 6.67. The highest BCUT2D eigenvalue weighted by Gasteiger charge is 2.46. The molecule has 0 spiro atoms. The van der Waals surface area contributed by atoms with Gasteiger partial charge in [0.1, 0.15) is 5.75 Å². The summed E-state index contributed by atoms with van der Waals surface area (Å²) in [4.78, 5) is 23.6. The van der Waals surface area contributed by atoms with Crippen LogP contribution in [0.25, 0.3) is 0 Å². The Hall–Kier alpha value is -2.09. The van der Waals surface area contributed by atoms with Gasteiger partial charge in [-0.3, -0.25) is 0 Å². The quantitative estimate of drug-likeness (QED) is 0.381. The molecule has 0 bridgehead atoms. The van der Waals surface area contributed by atoms with Gasteiger partial charge in [-0.15, -0.1) is 0 Å². The number of nitrogens with zero attached hydrogens (tertiary/aromatic N) is 1. The summed E-state index contributed by atoms with van der Waals surface area (Å²) in [5, 5.41) is 12.1. The Bertz CT molecular complexity index is 615. The topological polar surface area (TPSA) is 94.4 Å². The zero-order valence-electron chi connectivity index (χ0n) is 11.2. The molecule has 1 aliphatic rings. The van der Waals surface area contributed by atoms with Crippen molar-refractivity contribution in [1.82, 2.24) is 0 Å². The molecule has 0 aliphatic carbocycles. The normalized spacial score (nSPS) is 20.4. The highest BCUT2D eigenvalue weighted by molar-refractivity contribution is 9.10. The number of oxime groups is 1. The third-order valence-electron chi connectivity index (χ3n) is 3.10. The van der Waals surface area contributed by atoms with Crippen LogP contribution in [0.1, 0.15) is 11.5 Å². The summed E-state index contributed by atoms with van der Waals surface area (Å²) in [6.07, 6.45) is -1.12. The Labute approximate surface area is 128 Å². The number of rotatable bonds is 3. The van der Waals surface area contributed by atoms with E-state index in [-0.39, 0.29) is 5.71 Å². The lowest BCUT2D eigenvalue weighted by molar-refractivity contribution is -0.148. The second kappa shape index (κ2) is 6.13. The van der Waals surface area contributed by atoms with E-state index in [1.807, 2.05) is 0 Å². The maximum Gasteiger partial charge on any atom is 0.356 e. The number of esters is 2. The molecule has 8 heteroatoms. The number of hydrogen-bond acceptors (Lipinski definition) is 7. The molecule has 1 heterocycles. The van der Waals surface area contributed by atoms with Crippen molar-refractivity contribution in [2.45, 2.75) is 12.0 Å². The van der Waals surface area contributed by atoms with E-state index in [2.05, 4.69) is 30.6 Å². The molecule has 2 rings (SSSR count). The SMILES string of the molecule is COC(=O)/C(=N/O)[C@H]1c2ccc(Br)cc2O[C@H]1C(=O)OC. The number of methoxy groups -OCH3 is 2. The Balaban J connectivity index is 2.52. The maximum absolute atomic E-state index is 11.9. The van der Waals surface area contributed by atoms with Crippen molar-refractivity contribution in [3.63, 3.8) is 0 Å². The van der Waals surface area contributed by atoms with Crippen molar-refractivity contribution in [3.8, 4) is 5.75 Å². The van der Waals surface area contributed by atoms with Crippen LogP contribution in [0.4, 0.5) is 0 Å². The minimum Gasteiger partial charge on any atom is -0.477 e. The van der Waals surface area contributed by atoms with E-state index < -0.39 is 24.0 Å². The Morgan fingerprint density at radius 1 is 1.33 bits per heavy atom. The third kappa shape index (κ3) is 2.71. The van der Waals surface area contributed by atoms with Crippen LogP contribution in [-0.4, -0.2) is 43.2 Å². The van der Waals surface area contributed by atoms with Crippen molar-refractivity contribution in [2.24, 2.45) is 5.16 Å². The summed E-state index contributed by atoms with van der Waals surface area (Å²) < 4.78 is 15.5. The second-order valence-electron chi connectivity index (χ2n) is 4.20. The van der Waals surface area contributed by atoms with Crippen LogP contribution in [0.2, 0.25) is 0 Å². The molecule has 0 amide bonds. The summed E-state index contributed by atoms with van der Waals surface area (Å²) in [5.41, 5.74) is 0.209. The zero-order valence-corrected chi connectivity index (χ0v) is 12.8. The van der Waals surface area contributed by atoms with Crippen molar-refractivity contribution in [1.29, 1.82) is 0 Å². The monoisotopic (exact) mass is 357 g/mol. The number of hydrogen-bond donors (Lipinski definition) is 1. The molecule has 0 unspecified atom stereocenters. The van der Waals surface area contributed by atoms with E-state index in [4.69, 9.17) is 9.94 Å². The summed E-state index contributed by atoms with van der Waals surface area (Å²) in [6.45, 7) is 0. The van der Waals surface area contributed by atoms with Crippen LogP contribution in [0, 0.1) is 0 Å². The van der Waals surface area contributed by atoms with Crippen LogP contribution in [0.5, 0.6) is 5.75 Å². The van der Waals surface area contributed by atoms with Crippen LogP contribution in [0.3, 0.4) is 0 Å². The molecule has 1 aromatic carbocycles. The van der Waals surface area contributed by atoms with E-state index in [9.17, 15) is 9.59 Å². The number of halogens is 1. The van der Waals surface area contributed by atoms with E-state index >= 15 is 0 Å². The van der Waals surface area contributed by atoms with E-state index in [0.717, 1.165) is 11.6 Å². The van der Waals surface area contributed by atoms with Crippen LogP contribution >= 0.6 is 15.9 Å². The largest absolute Gasteiger partial charge is 0.477 e. The predicted molar refractivity (Wildman–Crippen MR) is 74.6 cm³/mol. The standard InChI is InChI=1S/C13H12BrNO6/c1-19-12(16)10(15-18)9-7-4-3-6(14)5-8(7)21-11(9)13(17)20-2/h3-5,9,11,18H,1-2H3/b15-10+/t9-,11-/m1/s1. The molecule has 0 aromatic heterocycles. The molecule has 0 radical (unpaired) electrons. The van der Waals surface area contributed by atoms with Gasteiger partial charge in [-0.05, 0) is 12.1 Å². The first kappa shape index (κ1) is 15.3. The van der Waals surface area contributed by atoms with Gasteiger partial charge in [-0.25, -0.2) is 9.59 Å².